The summed E-state index contributed by atoms with van der Waals surface area (Å²) in [6.45, 7) is 3.77. The average Bonchev–Trinajstić information content (AvgIpc) is 2.69. The van der Waals surface area contributed by atoms with E-state index in [1.54, 1.807) is 13.8 Å². The maximum Gasteiger partial charge on any atom is 0.325 e. The van der Waals surface area contributed by atoms with Gasteiger partial charge in [-0.15, -0.1) is 0 Å². The van der Waals surface area contributed by atoms with E-state index in [9.17, 15) is 23.1 Å². The molecular weight excluding hydrogens is 638 g/mol. The first-order valence-corrected chi connectivity index (χ1v) is 13.4. The molecule has 1 aromatic rings. The first-order chi connectivity index (χ1) is 14.1. The molecule has 0 aliphatic carbocycles. The van der Waals surface area contributed by atoms with Crippen molar-refractivity contribution >= 4 is 67.0 Å². The zero-order valence-corrected chi connectivity index (χ0v) is 22.2. The van der Waals surface area contributed by atoms with E-state index in [-0.39, 0.29) is 24.7 Å². The third kappa shape index (κ3) is 4.88. The first kappa shape index (κ1) is 25.6. The highest BCUT2D eigenvalue weighted by atomic mass is 127. The number of ether oxygens (including phenoxy) is 1. The van der Waals surface area contributed by atoms with Gasteiger partial charge in [-0.05, 0) is 82.1 Å². The molecule has 0 aromatic heterocycles. The molecule has 1 aliphatic rings. The zero-order chi connectivity index (χ0) is 22.7. The van der Waals surface area contributed by atoms with E-state index in [0.717, 1.165) is 10.5 Å². The SMILES string of the molecule is CCC1(CC)C(=O)N(C(=O)NCCc2cc(I)c(O)c(I)c2)C1S(=O)(=O)CCOC. The molecule has 1 saturated heterocycles. The Hall–Kier alpha value is -0.670. The molecule has 1 fully saturated rings. The number of amides is 3. The number of carbonyl (C=O) groups excluding carboxylic acids is 2. The zero-order valence-electron chi connectivity index (χ0n) is 17.1. The van der Waals surface area contributed by atoms with Gasteiger partial charge in [-0.25, -0.2) is 18.1 Å². The second-order valence-corrected chi connectivity index (χ2v) is 11.6. The Morgan fingerprint density at radius 2 is 1.83 bits per heavy atom. The number of phenolic OH excluding ortho intramolecular Hbond substituents is 1. The molecule has 1 heterocycles. The number of rotatable bonds is 9. The third-order valence-electron chi connectivity index (χ3n) is 5.51. The van der Waals surface area contributed by atoms with E-state index >= 15 is 0 Å². The third-order valence-corrected chi connectivity index (χ3v) is 9.23. The molecule has 30 heavy (non-hydrogen) atoms. The van der Waals surface area contributed by atoms with Crippen molar-refractivity contribution in [2.45, 2.75) is 38.5 Å². The number of hydrogen-bond acceptors (Lipinski definition) is 6. The Morgan fingerprint density at radius 1 is 1.27 bits per heavy atom. The van der Waals surface area contributed by atoms with Crippen LogP contribution < -0.4 is 5.32 Å². The predicted octanol–water partition coefficient (Wildman–Crippen LogP) is 2.89. The number of phenols is 1. The highest BCUT2D eigenvalue weighted by Crippen LogP contribution is 2.47. The minimum Gasteiger partial charge on any atom is -0.506 e. The second-order valence-electron chi connectivity index (χ2n) is 7.14. The number of halogens is 2. The quantitative estimate of drug-likeness (QED) is 0.311. The first-order valence-electron chi connectivity index (χ1n) is 9.54. The van der Waals surface area contributed by atoms with Crippen LogP contribution in [0.2, 0.25) is 0 Å². The highest BCUT2D eigenvalue weighted by Gasteiger charge is 2.65. The molecule has 11 heteroatoms. The van der Waals surface area contributed by atoms with Crippen molar-refractivity contribution in [3.8, 4) is 5.75 Å². The molecule has 2 rings (SSSR count). The van der Waals surface area contributed by atoms with Gasteiger partial charge in [-0.1, -0.05) is 13.8 Å². The summed E-state index contributed by atoms with van der Waals surface area (Å²) in [6.07, 6.45) is 1.16. The van der Waals surface area contributed by atoms with Gasteiger partial charge in [0.1, 0.15) is 5.75 Å². The van der Waals surface area contributed by atoms with Crippen LogP contribution in [0.15, 0.2) is 12.1 Å². The maximum absolute atomic E-state index is 12.9. The summed E-state index contributed by atoms with van der Waals surface area (Å²) in [6, 6.07) is 2.93. The summed E-state index contributed by atoms with van der Waals surface area (Å²) in [4.78, 5) is 26.4. The predicted molar refractivity (Wildman–Crippen MR) is 130 cm³/mol. The van der Waals surface area contributed by atoms with Gasteiger partial charge in [-0.3, -0.25) is 4.79 Å². The van der Waals surface area contributed by atoms with Crippen molar-refractivity contribution in [1.29, 1.82) is 0 Å². The number of nitrogens with zero attached hydrogens (tertiary/aromatic N) is 1. The van der Waals surface area contributed by atoms with Crippen LogP contribution in [0.25, 0.3) is 0 Å². The largest absolute Gasteiger partial charge is 0.506 e. The Bertz CT molecular complexity index is 895. The molecule has 0 bridgehead atoms. The number of hydrogen-bond donors (Lipinski definition) is 2. The van der Waals surface area contributed by atoms with Crippen molar-refractivity contribution in [3.05, 3.63) is 24.8 Å². The summed E-state index contributed by atoms with van der Waals surface area (Å²) in [5, 5.41) is 11.3. The van der Waals surface area contributed by atoms with Crippen molar-refractivity contribution in [3.63, 3.8) is 0 Å². The lowest BCUT2D eigenvalue weighted by atomic mass is 9.74. The van der Waals surface area contributed by atoms with E-state index in [2.05, 4.69) is 5.32 Å². The van der Waals surface area contributed by atoms with Crippen molar-refractivity contribution < 1.29 is 27.9 Å². The molecule has 0 saturated carbocycles. The van der Waals surface area contributed by atoms with E-state index < -0.39 is 32.6 Å². The molecule has 1 aromatic carbocycles. The Kier molecular flexibility index (Phi) is 8.78. The van der Waals surface area contributed by atoms with Crippen LogP contribution in [0.4, 0.5) is 4.79 Å². The second kappa shape index (κ2) is 10.3. The summed E-state index contributed by atoms with van der Waals surface area (Å²) in [7, 11) is -2.34. The number of aromatic hydroxyl groups is 1. The topological polar surface area (TPSA) is 113 Å². The Morgan fingerprint density at radius 3 is 2.33 bits per heavy atom. The molecule has 1 aliphatic heterocycles. The van der Waals surface area contributed by atoms with Gasteiger partial charge in [0, 0.05) is 13.7 Å². The van der Waals surface area contributed by atoms with Crippen molar-refractivity contribution in [1.82, 2.24) is 10.2 Å². The fourth-order valence-electron chi connectivity index (χ4n) is 3.71. The van der Waals surface area contributed by atoms with Crippen LogP contribution in [-0.4, -0.2) is 61.8 Å². The van der Waals surface area contributed by atoms with Gasteiger partial charge in [0.15, 0.2) is 15.2 Å². The molecule has 0 radical (unpaired) electrons. The van der Waals surface area contributed by atoms with Gasteiger partial charge < -0.3 is 15.2 Å². The molecule has 3 amide bonds. The fourth-order valence-corrected chi connectivity index (χ4v) is 7.86. The minimum absolute atomic E-state index is 0.00408. The van der Waals surface area contributed by atoms with E-state index in [1.165, 1.54) is 7.11 Å². The van der Waals surface area contributed by atoms with Gasteiger partial charge >= 0.3 is 6.03 Å². The van der Waals surface area contributed by atoms with Gasteiger partial charge in [-0.2, -0.15) is 0 Å². The maximum atomic E-state index is 12.9. The lowest BCUT2D eigenvalue weighted by Gasteiger charge is -2.53. The summed E-state index contributed by atoms with van der Waals surface area (Å²) in [5.41, 5.74) is -0.162. The van der Waals surface area contributed by atoms with Crippen LogP contribution in [0.3, 0.4) is 0 Å². The molecule has 168 valence electrons. The Balaban J connectivity index is 2.14. The number of benzene rings is 1. The Labute approximate surface area is 204 Å². The molecule has 8 nitrogen and oxygen atoms in total. The van der Waals surface area contributed by atoms with Crippen LogP contribution in [0.1, 0.15) is 32.3 Å². The van der Waals surface area contributed by atoms with Crippen LogP contribution in [-0.2, 0) is 25.8 Å². The molecule has 0 spiro atoms. The van der Waals surface area contributed by atoms with Gasteiger partial charge in [0.05, 0.1) is 24.9 Å². The van der Waals surface area contributed by atoms with Crippen LogP contribution in [0, 0.1) is 12.6 Å². The molecule has 1 unspecified atom stereocenters. The summed E-state index contributed by atoms with van der Waals surface area (Å²) in [5.74, 6) is -0.489. The molecule has 2 N–H and O–H groups in total. The van der Waals surface area contributed by atoms with E-state index in [0.29, 0.717) is 26.4 Å². The number of β-lactam (4-membered cyclic amide) rings is 1. The number of imide groups is 1. The number of nitrogens with one attached hydrogen (secondary N) is 1. The summed E-state index contributed by atoms with van der Waals surface area (Å²) >= 11 is 4.06. The fraction of sp³-hybridized carbons (Fsp3) is 0.579. The molecular formula is C19H26I2N2O6S. The monoisotopic (exact) mass is 664 g/mol. The minimum atomic E-state index is -3.75. The van der Waals surface area contributed by atoms with E-state index in [4.69, 9.17) is 4.74 Å². The van der Waals surface area contributed by atoms with Crippen LogP contribution >= 0.6 is 45.2 Å². The lowest BCUT2D eigenvalue weighted by Crippen LogP contribution is -2.74. The molecule has 1 atom stereocenters. The van der Waals surface area contributed by atoms with Gasteiger partial charge in [0.25, 0.3) is 0 Å². The average molecular weight is 664 g/mol. The van der Waals surface area contributed by atoms with Crippen molar-refractivity contribution in [2.24, 2.45) is 5.41 Å². The van der Waals surface area contributed by atoms with E-state index in [1.807, 2.05) is 57.3 Å². The van der Waals surface area contributed by atoms with Crippen molar-refractivity contribution in [2.75, 3.05) is 26.0 Å². The number of methoxy groups -OCH3 is 1. The lowest BCUT2D eigenvalue weighted by molar-refractivity contribution is -0.158. The standard InChI is InChI=1S/C19H26I2N2O6S/c1-4-19(5-2)16(25)23(17(19)30(27,28)9-8-29-3)18(26)22-7-6-12-10-13(20)15(24)14(21)11-12/h10-11,17,24H,4-9H2,1-3H3,(H,22,26). The number of likely N-dealkylation sites (tertiary alicyclic amines) is 1. The number of sulfone groups is 1. The normalized spacial score (nSPS) is 18.2. The highest BCUT2D eigenvalue weighted by molar-refractivity contribution is 14.1. The number of carbonyl (C=O) groups is 2. The summed E-state index contributed by atoms with van der Waals surface area (Å²) < 4.78 is 32.1. The smallest absolute Gasteiger partial charge is 0.325 e. The van der Waals surface area contributed by atoms with Gasteiger partial charge in [0.2, 0.25) is 5.91 Å². The van der Waals surface area contributed by atoms with Crippen LogP contribution in [0.5, 0.6) is 5.75 Å². The number of urea groups is 1.